The highest BCUT2D eigenvalue weighted by Crippen LogP contribution is 2.29. The number of aromatic nitrogens is 2. The van der Waals surface area contributed by atoms with E-state index in [-0.39, 0.29) is 5.91 Å². The fourth-order valence-corrected chi connectivity index (χ4v) is 4.19. The topological polar surface area (TPSA) is 50.2 Å². The minimum absolute atomic E-state index is 0.179. The van der Waals surface area contributed by atoms with E-state index < -0.39 is 0 Å². The molecule has 0 aromatic carbocycles. The maximum atomic E-state index is 12.6. The fraction of sp³-hybridized carbons (Fsp3) is 0.600. The zero-order chi connectivity index (χ0) is 15.0. The Morgan fingerprint density at radius 2 is 2.19 bits per heavy atom. The van der Waals surface area contributed by atoms with Crippen molar-refractivity contribution >= 4 is 27.5 Å². The molecule has 1 N–H and O–H groups in total. The summed E-state index contributed by atoms with van der Waals surface area (Å²) in [6.45, 7) is 4.79. The van der Waals surface area contributed by atoms with Gasteiger partial charge in [0.2, 0.25) is 0 Å². The SMILES string of the molecule is CNCC1CCN(C(=O)c2cc3c(C)nn(C)c3s2)CC1. The van der Waals surface area contributed by atoms with E-state index in [0.717, 1.165) is 53.3 Å². The van der Waals surface area contributed by atoms with Crippen LogP contribution >= 0.6 is 11.3 Å². The number of fused-ring (bicyclic) bond motifs is 1. The highest BCUT2D eigenvalue weighted by molar-refractivity contribution is 7.20. The second-order valence-corrected chi connectivity index (χ2v) is 6.86. The molecule has 6 heteroatoms. The van der Waals surface area contributed by atoms with Gasteiger partial charge in [0.25, 0.3) is 5.91 Å². The van der Waals surface area contributed by atoms with Crippen LogP contribution in [0.2, 0.25) is 0 Å². The summed E-state index contributed by atoms with van der Waals surface area (Å²) in [6.07, 6.45) is 2.19. The van der Waals surface area contributed by atoms with Crippen LogP contribution in [0.1, 0.15) is 28.2 Å². The van der Waals surface area contributed by atoms with Crippen molar-refractivity contribution in [2.75, 3.05) is 26.7 Å². The van der Waals surface area contributed by atoms with E-state index >= 15 is 0 Å². The van der Waals surface area contributed by atoms with E-state index in [9.17, 15) is 4.79 Å². The lowest BCUT2D eigenvalue weighted by atomic mass is 9.97. The number of rotatable bonds is 3. The first kappa shape index (κ1) is 14.5. The largest absolute Gasteiger partial charge is 0.338 e. The van der Waals surface area contributed by atoms with E-state index in [0.29, 0.717) is 5.92 Å². The van der Waals surface area contributed by atoms with E-state index in [4.69, 9.17) is 0 Å². The third kappa shape index (κ3) is 2.70. The summed E-state index contributed by atoms with van der Waals surface area (Å²) in [5.41, 5.74) is 0.996. The fourth-order valence-electron chi connectivity index (χ4n) is 3.10. The zero-order valence-electron chi connectivity index (χ0n) is 12.8. The average molecular weight is 306 g/mol. The molecule has 1 aliphatic rings. The van der Waals surface area contributed by atoms with Gasteiger partial charge in [-0.25, -0.2) is 0 Å². The summed E-state index contributed by atoms with van der Waals surface area (Å²) in [6, 6.07) is 2.00. The van der Waals surface area contributed by atoms with Crippen molar-refractivity contribution in [1.82, 2.24) is 20.0 Å². The molecule has 0 aliphatic carbocycles. The molecule has 3 heterocycles. The lowest BCUT2D eigenvalue weighted by molar-refractivity contribution is 0.0696. The normalized spacial score (nSPS) is 16.8. The zero-order valence-corrected chi connectivity index (χ0v) is 13.7. The van der Waals surface area contributed by atoms with Gasteiger partial charge in [-0.05, 0) is 45.3 Å². The Hall–Kier alpha value is -1.40. The molecule has 0 saturated carbocycles. The monoisotopic (exact) mass is 306 g/mol. The number of hydrogen-bond donors (Lipinski definition) is 1. The number of nitrogens with zero attached hydrogens (tertiary/aromatic N) is 3. The Labute approximate surface area is 128 Å². The van der Waals surface area contributed by atoms with Gasteiger partial charge < -0.3 is 10.2 Å². The Bertz CT molecular complexity index is 617. The molecule has 1 fully saturated rings. The molecular weight excluding hydrogens is 284 g/mol. The minimum atomic E-state index is 0.179. The lowest BCUT2D eigenvalue weighted by Gasteiger charge is -2.31. The first-order valence-electron chi connectivity index (χ1n) is 7.47. The van der Waals surface area contributed by atoms with Crippen molar-refractivity contribution in [3.05, 3.63) is 16.6 Å². The highest BCUT2D eigenvalue weighted by Gasteiger charge is 2.25. The van der Waals surface area contributed by atoms with Crippen molar-refractivity contribution in [2.24, 2.45) is 13.0 Å². The second-order valence-electron chi connectivity index (χ2n) is 5.83. The smallest absolute Gasteiger partial charge is 0.264 e. The summed E-state index contributed by atoms with van der Waals surface area (Å²) in [5, 5.41) is 8.72. The minimum Gasteiger partial charge on any atom is -0.338 e. The molecule has 0 bridgehead atoms. The van der Waals surface area contributed by atoms with Crippen molar-refractivity contribution in [3.63, 3.8) is 0 Å². The standard InChI is InChI=1S/C15H22N4OS/c1-10-12-8-13(21-15(12)18(3)17-10)14(20)19-6-4-11(5-7-19)9-16-2/h8,11,16H,4-7,9H2,1-3H3. The van der Waals surface area contributed by atoms with Crippen LogP contribution in [0.4, 0.5) is 0 Å². The van der Waals surface area contributed by atoms with Crippen molar-refractivity contribution in [2.45, 2.75) is 19.8 Å². The molecule has 1 aliphatic heterocycles. The quantitative estimate of drug-likeness (QED) is 0.944. The molecule has 1 saturated heterocycles. The third-order valence-electron chi connectivity index (χ3n) is 4.30. The van der Waals surface area contributed by atoms with Gasteiger partial charge in [0, 0.05) is 25.5 Å². The maximum Gasteiger partial charge on any atom is 0.264 e. The van der Waals surface area contributed by atoms with Crippen LogP contribution in [0, 0.1) is 12.8 Å². The molecule has 0 radical (unpaired) electrons. The molecule has 0 atom stereocenters. The summed E-state index contributed by atoms with van der Waals surface area (Å²) >= 11 is 1.55. The predicted molar refractivity (Wildman–Crippen MR) is 85.9 cm³/mol. The number of piperidine rings is 1. The lowest BCUT2D eigenvalue weighted by Crippen LogP contribution is -2.40. The maximum absolute atomic E-state index is 12.6. The van der Waals surface area contributed by atoms with Crippen LogP contribution in [0.3, 0.4) is 0 Å². The number of amides is 1. The number of likely N-dealkylation sites (tertiary alicyclic amines) is 1. The number of carbonyl (C=O) groups excluding carboxylic acids is 1. The van der Waals surface area contributed by atoms with Gasteiger partial charge in [0.1, 0.15) is 4.83 Å². The summed E-state index contributed by atoms with van der Waals surface area (Å²) in [5.74, 6) is 0.881. The van der Waals surface area contributed by atoms with Crippen LogP contribution in [0.15, 0.2) is 6.07 Å². The molecule has 1 amide bonds. The summed E-state index contributed by atoms with van der Waals surface area (Å²) in [7, 11) is 3.93. The summed E-state index contributed by atoms with van der Waals surface area (Å²) < 4.78 is 1.87. The molecule has 21 heavy (non-hydrogen) atoms. The molecule has 114 valence electrons. The number of hydrogen-bond acceptors (Lipinski definition) is 4. The van der Waals surface area contributed by atoms with Crippen molar-refractivity contribution in [3.8, 4) is 0 Å². The van der Waals surface area contributed by atoms with Crippen LogP contribution < -0.4 is 5.32 Å². The second kappa shape index (κ2) is 5.77. The molecule has 2 aromatic rings. The first-order chi connectivity index (χ1) is 10.1. The van der Waals surface area contributed by atoms with Gasteiger partial charge in [0.15, 0.2) is 0 Å². The van der Waals surface area contributed by atoms with Crippen LogP contribution in [0.5, 0.6) is 0 Å². The Morgan fingerprint density at radius 1 is 1.48 bits per heavy atom. The molecule has 0 unspecified atom stereocenters. The van der Waals surface area contributed by atoms with Gasteiger partial charge in [-0.3, -0.25) is 9.48 Å². The van der Waals surface area contributed by atoms with Gasteiger partial charge >= 0.3 is 0 Å². The Morgan fingerprint density at radius 3 is 2.81 bits per heavy atom. The molecule has 0 spiro atoms. The van der Waals surface area contributed by atoms with Gasteiger partial charge in [0.05, 0.1) is 10.6 Å². The van der Waals surface area contributed by atoms with Crippen LogP contribution in [-0.2, 0) is 7.05 Å². The average Bonchev–Trinajstić information content (AvgIpc) is 3.02. The van der Waals surface area contributed by atoms with Gasteiger partial charge in [-0.2, -0.15) is 5.10 Å². The third-order valence-corrected chi connectivity index (χ3v) is 5.49. The van der Waals surface area contributed by atoms with Crippen molar-refractivity contribution in [1.29, 1.82) is 0 Å². The van der Waals surface area contributed by atoms with Crippen LogP contribution in [0.25, 0.3) is 10.2 Å². The number of aryl methyl sites for hydroxylation is 2. The predicted octanol–water partition coefficient (Wildman–Crippen LogP) is 2.01. The first-order valence-corrected chi connectivity index (χ1v) is 8.29. The molecule has 5 nitrogen and oxygen atoms in total. The number of carbonyl (C=O) groups is 1. The summed E-state index contributed by atoms with van der Waals surface area (Å²) in [4.78, 5) is 16.6. The van der Waals surface area contributed by atoms with E-state index in [1.165, 1.54) is 0 Å². The Balaban J connectivity index is 1.74. The van der Waals surface area contributed by atoms with E-state index in [1.54, 1.807) is 11.3 Å². The van der Waals surface area contributed by atoms with Crippen molar-refractivity contribution < 1.29 is 4.79 Å². The van der Waals surface area contributed by atoms with Gasteiger partial charge in [-0.15, -0.1) is 11.3 Å². The van der Waals surface area contributed by atoms with E-state index in [2.05, 4.69) is 10.4 Å². The van der Waals surface area contributed by atoms with Crippen LogP contribution in [-0.4, -0.2) is 47.3 Å². The Kier molecular flexibility index (Phi) is 3.99. The van der Waals surface area contributed by atoms with E-state index in [1.807, 2.05) is 36.7 Å². The highest BCUT2D eigenvalue weighted by atomic mass is 32.1. The molecular formula is C15H22N4OS. The number of thiophene rings is 1. The molecule has 2 aromatic heterocycles. The van der Waals surface area contributed by atoms with Gasteiger partial charge in [-0.1, -0.05) is 0 Å². The number of nitrogens with one attached hydrogen (secondary N) is 1. The molecule has 3 rings (SSSR count).